The highest BCUT2D eigenvalue weighted by Gasteiger charge is 2.07. The van der Waals surface area contributed by atoms with E-state index in [4.69, 9.17) is 4.74 Å². The minimum Gasteiger partial charge on any atom is -0.450 e. The molecule has 3 nitrogen and oxygen atoms in total. The fraction of sp³-hybridized carbons (Fsp3) is 0.909. The van der Waals surface area contributed by atoms with Crippen LogP contribution in [0.3, 0.4) is 0 Å². The molecule has 0 heterocycles. The summed E-state index contributed by atoms with van der Waals surface area (Å²) in [6.07, 6.45) is 4.48. The van der Waals surface area contributed by atoms with Gasteiger partial charge in [0.15, 0.2) is 0 Å². The van der Waals surface area contributed by atoms with Crippen molar-refractivity contribution < 1.29 is 9.53 Å². The van der Waals surface area contributed by atoms with Gasteiger partial charge in [0.25, 0.3) is 0 Å². The molecule has 0 aromatic rings. The van der Waals surface area contributed by atoms with Crippen LogP contribution in [-0.4, -0.2) is 19.2 Å². The van der Waals surface area contributed by atoms with Crippen LogP contribution in [0.2, 0.25) is 0 Å². The van der Waals surface area contributed by atoms with E-state index in [-0.39, 0.29) is 6.09 Å². The van der Waals surface area contributed by atoms with Gasteiger partial charge in [0.1, 0.15) is 0 Å². The van der Waals surface area contributed by atoms with E-state index in [0.717, 1.165) is 13.0 Å². The molecule has 0 aliphatic heterocycles. The highest BCUT2D eigenvalue weighted by molar-refractivity contribution is 5.66. The Kier molecular flexibility index (Phi) is 8.39. The second kappa shape index (κ2) is 8.85. The molecule has 0 saturated heterocycles. The Morgan fingerprint density at radius 2 is 2.07 bits per heavy atom. The predicted molar refractivity (Wildman–Crippen MR) is 58.3 cm³/mol. The standard InChI is InChI=1S/C11H23NO2/c1-4-7-8-10(5-2)9-12-11(13)14-6-3/h10H,4-9H2,1-3H3,(H,12,13)/t10-/m0/s1. The smallest absolute Gasteiger partial charge is 0.407 e. The number of carbonyl (C=O) groups excluding carboxylic acids is 1. The molecule has 1 amide bonds. The van der Waals surface area contributed by atoms with E-state index in [1.165, 1.54) is 19.3 Å². The molecule has 1 atom stereocenters. The summed E-state index contributed by atoms with van der Waals surface area (Å²) in [6, 6.07) is 0. The van der Waals surface area contributed by atoms with Crippen molar-refractivity contribution in [2.45, 2.75) is 46.5 Å². The molecule has 1 N–H and O–H groups in total. The third-order valence-corrected chi connectivity index (χ3v) is 2.35. The van der Waals surface area contributed by atoms with Gasteiger partial charge >= 0.3 is 6.09 Å². The van der Waals surface area contributed by atoms with Crippen LogP contribution in [0.15, 0.2) is 0 Å². The molecular formula is C11H23NO2. The van der Waals surface area contributed by atoms with Crippen molar-refractivity contribution in [2.75, 3.05) is 13.2 Å². The first kappa shape index (κ1) is 13.3. The number of ether oxygens (including phenoxy) is 1. The number of alkyl carbamates (subject to hydrolysis) is 1. The van der Waals surface area contributed by atoms with Crippen molar-refractivity contribution >= 4 is 6.09 Å². The van der Waals surface area contributed by atoms with Gasteiger partial charge in [-0.05, 0) is 19.3 Å². The quantitative estimate of drug-likeness (QED) is 0.687. The third-order valence-electron chi connectivity index (χ3n) is 2.35. The van der Waals surface area contributed by atoms with E-state index in [9.17, 15) is 4.79 Å². The van der Waals surface area contributed by atoms with Gasteiger partial charge in [0.05, 0.1) is 6.61 Å². The lowest BCUT2D eigenvalue weighted by Gasteiger charge is -2.14. The van der Waals surface area contributed by atoms with E-state index in [1.54, 1.807) is 0 Å². The van der Waals surface area contributed by atoms with E-state index < -0.39 is 0 Å². The number of unbranched alkanes of at least 4 members (excludes halogenated alkanes) is 1. The summed E-state index contributed by atoms with van der Waals surface area (Å²) >= 11 is 0. The van der Waals surface area contributed by atoms with Crippen molar-refractivity contribution in [3.8, 4) is 0 Å². The van der Waals surface area contributed by atoms with Crippen molar-refractivity contribution in [3.63, 3.8) is 0 Å². The Balaban J connectivity index is 3.55. The van der Waals surface area contributed by atoms with Gasteiger partial charge in [0, 0.05) is 6.54 Å². The van der Waals surface area contributed by atoms with Crippen molar-refractivity contribution in [2.24, 2.45) is 5.92 Å². The number of hydrogen-bond donors (Lipinski definition) is 1. The maximum absolute atomic E-state index is 11.0. The van der Waals surface area contributed by atoms with Crippen molar-refractivity contribution in [1.29, 1.82) is 0 Å². The van der Waals surface area contributed by atoms with Gasteiger partial charge in [-0.1, -0.05) is 33.1 Å². The van der Waals surface area contributed by atoms with E-state index >= 15 is 0 Å². The lowest BCUT2D eigenvalue weighted by atomic mass is 10.00. The molecule has 0 unspecified atom stereocenters. The summed E-state index contributed by atoms with van der Waals surface area (Å²) in [5, 5.41) is 2.78. The Morgan fingerprint density at radius 1 is 1.36 bits per heavy atom. The molecule has 0 fully saturated rings. The average molecular weight is 201 g/mol. The molecule has 3 heteroatoms. The lowest BCUT2D eigenvalue weighted by molar-refractivity contribution is 0.150. The zero-order valence-electron chi connectivity index (χ0n) is 9.64. The molecular weight excluding hydrogens is 178 g/mol. The Labute approximate surface area is 87.2 Å². The van der Waals surface area contributed by atoms with E-state index in [2.05, 4.69) is 19.2 Å². The molecule has 0 spiro atoms. The van der Waals surface area contributed by atoms with Crippen LogP contribution >= 0.6 is 0 Å². The normalized spacial score (nSPS) is 12.2. The fourth-order valence-corrected chi connectivity index (χ4v) is 1.35. The molecule has 0 aromatic heterocycles. The minimum absolute atomic E-state index is 0.289. The van der Waals surface area contributed by atoms with Gasteiger partial charge in [-0.3, -0.25) is 0 Å². The molecule has 0 saturated carbocycles. The molecule has 0 aliphatic rings. The number of carbonyl (C=O) groups is 1. The monoisotopic (exact) mass is 201 g/mol. The summed E-state index contributed by atoms with van der Waals surface area (Å²) in [5.74, 6) is 0.597. The summed E-state index contributed by atoms with van der Waals surface area (Å²) in [6.45, 7) is 7.35. The van der Waals surface area contributed by atoms with Gasteiger partial charge in [-0.15, -0.1) is 0 Å². The zero-order chi connectivity index (χ0) is 10.8. The summed E-state index contributed by atoms with van der Waals surface area (Å²) in [5.41, 5.74) is 0. The number of amides is 1. The first-order valence-electron chi connectivity index (χ1n) is 5.65. The third kappa shape index (κ3) is 6.75. The summed E-state index contributed by atoms with van der Waals surface area (Å²) in [4.78, 5) is 11.0. The minimum atomic E-state index is -0.289. The van der Waals surface area contributed by atoms with Gasteiger partial charge < -0.3 is 10.1 Å². The Hall–Kier alpha value is -0.730. The van der Waals surface area contributed by atoms with Crippen LogP contribution in [0.4, 0.5) is 4.79 Å². The van der Waals surface area contributed by atoms with Crippen molar-refractivity contribution in [1.82, 2.24) is 5.32 Å². The second-order valence-electron chi connectivity index (χ2n) is 3.52. The highest BCUT2D eigenvalue weighted by atomic mass is 16.5. The number of rotatable bonds is 7. The summed E-state index contributed by atoms with van der Waals surface area (Å²) < 4.78 is 4.79. The van der Waals surface area contributed by atoms with Gasteiger partial charge in [-0.25, -0.2) is 4.79 Å². The first-order valence-corrected chi connectivity index (χ1v) is 5.65. The maximum Gasteiger partial charge on any atom is 0.407 e. The van der Waals surface area contributed by atoms with Crippen LogP contribution in [-0.2, 0) is 4.74 Å². The SMILES string of the molecule is CCCC[C@H](CC)CNC(=O)OCC. The van der Waals surface area contributed by atoms with E-state index in [0.29, 0.717) is 12.5 Å². The maximum atomic E-state index is 11.0. The van der Waals surface area contributed by atoms with Crippen LogP contribution < -0.4 is 5.32 Å². The van der Waals surface area contributed by atoms with Gasteiger partial charge in [0.2, 0.25) is 0 Å². The second-order valence-corrected chi connectivity index (χ2v) is 3.52. The topological polar surface area (TPSA) is 38.3 Å². The molecule has 84 valence electrons. The van der Waals surface area contributed by atoms with Crippen LogP contribution in [0.25, 0.3) is 0 Å². The molecule has 0 aliphatic carbocycles. The van der Waals surface area contributed by atoms with Gasteiger partial charge in [-0.2, -0.15) is 0 Å². The Bertz CT molecular complexity index is 148. The lowest BCUT2D eigenvalue weighted by Crippen LogP contribution is -2.29. The molecule has 0 bridgehead atoms. The van der Waals surface area contributed by atoms with Crippen LogP contribution in [0, 0.1) is 5.92 Å². The predicted octanol–water partition coefficient (Wildman–Crippen LogP) is 2.95. The molecule has 0 radical (unpaired) electrons. The van der Waals surface area contributed by atoms with Crippen molar-refractivity contribution in [3.05, 3.63) is 0 Å². The largest absolute Gasteiger partial charge is 0.450 e. The van der Waals surface area contributed by atoms with Crippen LogP contribution in [0.1, 0.15) is 46.5 Å². The van der Waals surface area contributed by atoms with E-state index in [1.807, 2.05) is 6.92 Å². The number of nitrogens with one attached hydrogen (secondary N) is 1. The fourth-order valence-electron chi connectivity index (χ4n) is 1.35. The zero-order valence-corrected chi connectivity index (χ0v) is 9.64. The number of hydrogen-bond acceptors (Lipinski definition) is 2. The average Bonchev–Trinajstić information content (AvgIpc) is 2.19. The summed E-state index contributed by atoms with van der Waals surface area (Å²) in [7, 11) is 0. The highest BCUT2D eigenvalue weighted by Crippen LogP contribution is 2.10. The molecule has 0 aromatic carbocycles. The first-order chi connectivity index (χ1) is 6.74. The Morgan fingerprint density at radius 3 is 2.57 bits per heavy atom. The molecule has 0 rings (SSSR count). The van der Waals surface area contributed by atoms with Crippen LogP contribution in [0.5, 0.6) is 0 Å². The molecule has 14 heavy (non-hydrogen) atoms.